The van der Waals surface area contributed by atoms with Crippen LogP contribution in [-0.4, -0.2) is 4.98 Å². The molecular formula is C12H13FN2. The van der Waals surface area contributed by atoms with E-state index in [4.69, 9.17) is 5.73 Å². The van der Waals surface area contributed by atoms with E-state index in [1.54, 1.807) is 12.3 Å². The van der Waals surface area contributed by atoms with E-state index in [9.17, 15) is 4.39 Å². The Labute approximate surface area is 87.9 Å². The van der Waals surface area contributed by atoms with Crippen molar-refractivity contribution in [2.45, 2.75) is 19.8 Å². The maximum atomic E-state index is 13.1. The third-order valence-corrected chi connectivity index (χ3v) is 2.53. The smallest absolute Gasteiger partial charge is 0.131 e. The molecule has 0 atom stereocenters. The van der Waals surface area contributed by atoms with E-state index in [0.29, 0.717) is 17.1 Å². The van der Waals surface area contributed by atoms with Crippen LogP contribution in [0.2, 0.25) is 0 Å². The predicted octanol–water partition coefficient (Wildman–Crippen LogP) is 3.08. The molecule has 15 heavy (non-hydrogen) atoms. The van der Waals surface area contributed by atoms with Crippen molar-refractivity contribution in [3.05, 3.63) is 35.8 Å². The Kier molecular flexibility index (Phi) is 2.31. The minimum atomic E-state index is -0.281. The summed E-state index contributed by atoms with van der Waals surface area (Å²) in [6.45, 7) is 4.16. The molecule has 0 saturated heterocycles. The number of anilines is 1. The monoisotopic (exact) mass is 204 g/mol. The number of pyridine rings is 1. The van der Waals surface area contributed by atoms with E-state index in [1.165, 1.54) is 12.1 Å². The standard InChI is InChI=1S/C12H13FN2/c1-7(2)11-6-15-12(14)10-5-8(13)3-4-9(10)11/h3-7H,1-2H3,(H2,14,15). The van der Waals surface area contributed by atoms with Gasteiger partial charge >= 0.3 is 0 Å². The van der Waals surface area contributed by atoms with E-state index in [0.717, 1.165) is 10.9 Å². The molecule has 0 spiro atoms. The molecule has 2 aromatic rings. The Morgan fingerprint density at radius 1 is 1.27 bits per heavy atom. The van der Waals surface area contributed by atoms with Crippen LogP contribution in [0.25, 0.3) is 10.8 Å². The van der Waals surface area contributed by atoms with Gasteiger partial charge in [0.2, 0.25) is 0 Å². The molecule has 1 aromatic carbocycles. The first-order valence-electron chi connectivity index (χ1n) is 4.93. The van der Waals surface area contributed by atoms with Crippen LogP contribution in [0.4, 0.5) is 10.2 Å². The van der Waals surface area contributed by atoms with Gasteiger partial charge in [-0.15, -0.1) is 0 Å². The average Bonchev–Trinajstić information content (AvgIpc) is 2.19. The largest absolute Gasteiger partial charge is 0.383 e. The topological polar surface area (TPSA) is 38.9 Å². The maximum absolute atomic E-state index is 13.1. The summed E-state index contributed by atoms with van der Waals surface area (Å²) in [6.07, 6.45) is 1.76. The molecule has 0 fully saturated rings. The Hall–Kier alpha value is -1.64. The highest BCUT2D eigenvalue weighted by atomic mass is 19.1. The van der Waals surface area contributed by atoms with Crippen LogP contribution in [0.15, 0.2) is 24.4 Å². The van der Waals surface area contributed by atoms with Crippen LogP contribution >= 0.6 is 0 Å². The van der Waals surface area contributed by atoms with E-state index in [-0.39, 0.29) is 5.82 Å². The van der Waals surface area contributed by atoms with Crippen LogP contribution in [0.1, 0.15) is 25.3 Å². The molecule has 0 unspecified atom stereocenters. The summed E-state index contributed by atoms with van der Waals surface area (Å²) in [7, 11) is 0. The van der Waals surface area contributed by atoms with Gasteiger partial charge < -0.3 is 5.73 Å². The summed E-state index contributed by atoms with van der Waals surface area (Å²) in [5.74, 6) is 0.455. The summed E-state index contributed by atoms with van der Waals surface area (Å²) >= 11 is 0. The third kappa shape index (κ3) is 1.65. The molecule has 0 aliphatic carbocycles. The number of benzene rings is 1. The SMILES string of the molecule is CC(C)c1cnc(N)c2cc(F)ccc12. The fourth-order valence-electron chi connectivity index (χ4n) is 1.72. The maximum Gasteiger partial charge on any atom is 0.131 e. The zero-order valence-corrected chi connectivity index (χ0v) is 8.79. The fourth-order valence-corrected chi connectivity index (χ4v) is 1.72. The number of fused-ring (bicyclic) bond motifs is 1. The van der Waals surface area contributed by atoms with E-state index in [2.05, 4.69) is 18.8 Å². The highest BCUT2D eigenvalue weighted by Crippen LogP contribution is 2.28. The number of nitrogen functional groups attached to an aromatic ring is 1. The van der Waals surface area contributed by atoms with Gasteiger partial charge in [0.1, 0.15) is 11.6 Å². The van der Waals surface area contributed by atoms with Crippen molar-refractivity contribution < 1.29 is 4.39 Å². The number of hydrogen-bond acceptors (Lipinski definition) is 2. The molecule has 0 amide bonds. The van der Waals surface area contributed by atoms with Crippen molar-refractivity contribution in [1.29, 1.82) is 0 Å². The Morgan fingerprint density at radius 3 is 2.67 bits per heavy atom. The first-order chi connectivity index (χ1) is 7.09. The first kappa shape index (κ1) is 9.90. The van der Waals surface area contributed by atoms with Crippen molar-refractivity contribution in [2.75, 3.05) is 5.73 Å². The van der Waals surface area contributed by atoms with Gasteiger partial charge in [-0.3, -0.25) is 0 Å². The molecule has 0 aliphatic heterocycles. The highest BCUT2D eigenvalue weighted by Gasteiger charge is 2.08. The van der Waals surface area contributed by atoms with Gasteiger partial charge in [-0.2, -0.15) is 0 Å². The molecular weight excluding hydrogens is 191 g/mol. The molecule has 3 heteroatoms. The van der Waals surface area contributed by atoms with Gasteiger partial charge in [0.05, 0.1) is 0 Å². The van der Waals surface area contributed by atoms with Gasteiger partial charge in [0, 0.05) is 11.6 Å². The second kappa shape index (κ2) is 3.50. The van der Waals surface area contributed by atoms with Gasteiger partial charge in [-0.05, 0) is 29.0 Å². The number of nitrogens with two attached hydrogens (primary N) is 1. The highest BCUT2D eigenvalue weighted by molar-refractivity contribution is 5.93. The Bertz CT molecular complexity index is 506. The van der Waals surface area contributed by atoms with Crippen LogP contribution in [0.5, 0.6) is 0 Å². The van der Waals surface area contributed by atoms with Gasteiger partial charge in [0.25, 0.3) is 0 Å². The zero-order valence-electron chi connectivity index (χ0n) is 8.79. The predicted molar refractivity (Wildman–Crippen MR) is 60.2 cm³/mol. The van der Waals surface area contributed by atoms with Crippen LogP contribution < -0.4 is 5.73 Å². The molecule has 1 heterocycles. The normalized spacial score (nSPS) is 11.2. The third-order valence-electron chi connectivity index (χ3n) is 2.53. The van der Waals surface area contributed by atoms with Crippen molar-refractivity contribution in [3.63, 3.8) is 0 Å². The van der Waals surface area contributed by atoms with E-state index < -0.39 is 0 Å². The molecule has 2 nitrogen and oxygen atoms in total. The van der Waals surface area contributed by atoms with Crippen molar-refractivity contribution >= 4 is 16.6 Å². The Morgan fingerprint density at radius 2 is 2.00 bits per heavy atom. The lowest BCUT2D eigenvalue weighted by Gasteiger charge is -2.10. The summed E-state index contributed by atoms with van der Waals surface area (Å²) in [5.41, 5.74) is 6.81. The molecule has 0 saturated carbocycles. The molecule has 1 aromatic heterocycles. The van der Waals surface area contributed by atoms with Crippen LogP contribution in [0.3, 0.4) is 0 Å². The lowest BCUT2D eigenvalue weighted by Crippen LogP contribution is -1.97. The van der Waals surface area contributed by atoms with Crippen LogP contribution in [0, 0.1) is 5.82 Å². The zero-order chi connectivity index (χ0) is 11.0. The van der Waals surface area contributed by atoms with E-state index >= 15 is 0 Å². The first-order valence-corrected chi connectivity index (χ1v) is 4.93. The van der Waals surface area contributed by atoms with Crippen molar-refractivity contribution in [2.24, 2.45) is 0 Å². The number of aromatic nitrogens is 1. The summed E-state index contributed by atoms with van der Waals surface area (Å²) in [4.78, 5) is 4.08. The number of hydrogen-bond donors (Lipinski definition) is 1. The fraction of sp³-hybridized carbons (Fsp3) is 0.250. The second-order valence-electron chi connectivity index (χ2n) is 3.94. The summed E-state index contributed by atoms with van der Waals surface area (Å²) in [5, 5.41) is 1.68. The second-order valence-corrected chi connectivity index (χ2v) is 3.94. The van der Waals surface area contributed by atoms with E-state index in [1.807, 2.05) is 0 Å². The quantitative estimate of drug-likeness (QED) is 0.775. The lowest BCUT2D eigenvalue weighted by atomic mass is 9.98. The van der Waals surface area contributed by atoms with Crippen molar-refractivity contribution in [1.82, 2.24) is 4.98 Å². The molecule has 0 aliphatic rings. The molecule has 2 N–H and O–H groups in total. The molecule has 0 bridgehead atoms. The summed E-state index contributed by atoms with van der Waals surface area (Å²) in [6, 6.07) is 4.65. The number of halogens is 1. The molecule has 78 valence electrons. The number of nitrogens with zero attached hydrogens (tertiary/aromatic N) is 1. The minimum absolute atomic E-state index is 0.281. The number of rotatable bonds is 1. The van der Waals surface area contributed by atoms with Gasteiger partial charge in [0.15, 0.2) is 0 Å². The Balaban J connectivity index is 2.82. The van der Waals surface area contributed by atoms with Gasteiger partial charge in [-0.1, -0.05) is 19.9 Å². The summed E-state index contributed by atoms with van der Waals surface area (Å²) < 4.78 is 13.1. The molecule has 0 radical (unpaired) electrons. The van der Waals surface area contributed by atoms with Crippen LogP contribution in [-0.2, 0) is 0 Å². The van der Waals surface area contributed by atoms with Gasteiger partial charge in [-0.25, -0.2) is 9.37 Å². The molecule has 2 rings (SSSR count). The minimum Gasteiger partial charge on any atom is -0.383 e. The average molecular weight is 204 g/mol. The van der Waals surface area contributed by atoms with Crippen molar-refractivity contribution in [3.8, 4) is 0 Å². The lowest BCUT2D eigenvalue weighted by molar-refractivity contribution is 0.629.